The van der Waals surface area contributed by atoms with Gasteiger partial charge in [0.15, 0.2) is 5.82 Å². The Morgan fingerprint density at radius 1 is 1.18 bits per heavy atom. The van der Waals surface area contributed by atoms with E-state index in [0.717, 1.165) is 5.69 Å². The molecular formula is C15H20N4O3. The van der Waals surface area contributed by atoms with Gasteiger partial charge in [-0.25, -0.2) is 4.79 Å². The molecule has 22 heavy (non-hydrogen) atoms. The predicted molar refractivity (Wildman–Crippen MR) is 82.9 cm³/mol. The monoisotopic (exact) mass is 304 g/mol. The van der Waals surface area contributed by atoms with E-state index < -0.39 is 6.09 Å². The van der Waals surface area contributed by atoms with Crippen LogP contribution in [0.3, 0.4) is 0 Å². The lowest BCUT2D eigenvalue weighted by Crippen LogP contribution is -2.11. The summed E-state index contributed by atoms with van der Waals surface area (Å²) in [7, 11) is 1.32. The molecule has 1 amide bonds. The normalized spacial score (nSPS) is 12.0. The predicted octanol–water partition coefficient (Wildman–Crippen LogP) is 3.54. The number of methoxy groups -OCH3 is 1. The first-order chi connectivity index (χ1) is 10.5. The summed E-state index contributed by atoms with van der Waals surface area (Å²) in [5.41, 5.74) is 1.54. The summed E-state index contributed by atoms with van der Waals surface area (Å²) in [6.45, 7) is 5.97. The molecule has 0 fully saturated rings. The van der Waals surface area contributed by atoms with Crippen molar-refractivity contribution in [2.24, 2.45) is 0 Å². The molecule has 0 saturated carbocycles. The molecule has 0 aliphatic rings. The lowest BCUT2D eigenvalue weighted by atomic mass is 10.2. The topological polar surface area (TPSA) is 89.3 Å². The van der Waals surface area contributed by atoms with Crippen molar-refractivity contribution in [2.45, 2.75) is 32.7 Å². The van der Waals surface area contributed by atoms with E-state index in [2.05, 4.69) is 25.5 Å². The second-order valence-corrected chi connectivity index (χ2v) is 5.21. The number of carbonyl (C=O) groups excluding carboxylic acids is 1. The number of nitrogens with one attached hydrogen (secondary N) is 2. The largest absolute Gasteiger partial charge is 0.453 e. The van der Waals surface area contributed by atoms with Gasteiger partial charge in [-0.1, -0.05) is 19.0 Å². The quantitative estimate of drug-likeness (QED) is 0.878. The highest BCUT2D eigenvalue weighted by Gasteiger charge is 2.15. The number of benzene rings is 1. The minimum Gasteiger partial charge on any atom is -0.453 e. The number of anilines is 2. The fourth-order valence-electron chi connectivity index (χ4n) is 1.79. The van der Waals surface area contributed by atoms with Crippen LogP contribution in [0.5, 0.6) is 0 Å². The van der Waals surface area contributed by atoms with Gasteiger partial charge in [-0.3, -0.25) is 5.32 Å². The van der Waals surface area contributed by atoms with Crippen molar-refractivity contribution < 1.29 is 14.1 Å². The highest BCUT2D eigenvalue weighted by atomic mass is 16.5. The van der Waals surface area contributed by atoms with E-state index in [1.54, 1.807) is 12.1 Å². The Morgan fingerprint density at radius 3 is 2.36 bits per heavy atom. The summed E-state index contributed by atoms with van der Waals surface area (Å²) in [5, 5.41) is 9.80. The molecule has 0 spiro atoms. The fourth-order valence-corrected chi connectivity index (χ4v) is 1.79. The number of rotatable bonds is 5. The van der Waals surface area contributed by atoms with Crippen molar-refractivity contribution in [3.63, 3.8) is 0 Å². The first-order valence-corrected chi connectivity index (χ1v) is 7.04. The van der Waals surface area contributed by atoms with Gasteiger partial charge in [0.25, 0.3) is 0 Å². The summed E-state index contributed by atoms with van der Waals surface area (Å²) < 4.78 is 9.79. The second-order valence-electron chi connectivity index (χ2n) is 5.21. The van der Waals surface area contributed by atoms with E-state index in [-0.39, 0.29) is 12.0 Å². The van der Waals surface area contributed by atoms with Gasteiger partial charge in [-0.05, 0) is 31.2 Å². The van der Waals surface area contributed by atoms with Crippen molar-refractivity contribution in [3.8, 4) is 0 Å². The Labute approximate surface area is 129 Å². The number of hydrogen-bond acceptors (Lipinski definition) is 6. The third-order valence-electron chi connectivity index (χ3n) is 3.04. The lowest BCUT2D eigenvalue weighted by Gasteiger charge is -2.12. The molecule has 1 unspecified atom stereocenters. The molecule has 0 radical (unpaired) electrons. The van der Waals surface area contributed by atoms with Crippen LogP contribution in [-0.4, -0.2) is 23.3 Å². The summed E-state index contributed by atoms with van der Waals surface area (Å²) >= 11 is 0. The van der Waals surface area contributed by atoms with Gasteiger partial charge in [-0.15, -0.1) is 0 Å². The Balaban J connectivity index is 1.98. The van der Waals surface area contributed by atoms with Crippen molar-refractivity contribution >= 4 is 17.5 Å². The molecule has 2 N–H and O–H groups in total. The molecule has 118 valence electrons. The van der Waals surface area contributed by atoms with Crippen LogP contribution in [-0.2, 0) is 4.74 Å². The molecule has 0 aliphatic heterocycles. The van der Waals surface area contributed by atoms with Crippen LogP contribution in [0.4, 0.5) is 16.2 Å². The average Bonchev–Trinajstić information content (AvgIpc) is 2.99. The Morgan fingerprint density at radius 2 is 1.82 bits per heavy atom. The van der Waals surface area contributed by atoms with Gasteiger partial charge < -0.3 is 14.6 Å². The van der Waals surface area contributed by atoms with Crippen LogP contribution in [0.2, 0.25) is 0 Å². The van der Waals surface area contributed by atoms with Gasteiger partial charge in [0.1, 0.15) is 6.04 Å². The maximum Gasteiger partial charge on any atom is 0.411 e. The zero-order valence-electron chi connectivity index (χ0n) is 13.1. The van der Waals surface area contributed by atoms with Gasteiger partial charge in [0.05, 0.1) is 7.11 Å². The second kappa shape index (κ2) is 6.93. The Bertz CT molecular complexity index is 622. The van der Waals surface area contributed by atoms with Crippen LogP contribution >= 0.6 is 0 Å². The summed E-state index contributed by atoms with van der Waals surface area (Å²) in [5.74, 6) is 1.47. The first kappa shape index (κ1) is 15.8. The third kappa shape index (κ3) is 3.97. The molecule has 7 heteroatoms. The maximum absolute atomic E-state index is 11.1. The van der Waals surface area contributed by atoms with Gasteiger partial charge in [-0.2, -0.15) is 4.98 Å². The molecule has 1 aromatic carbocycles. The summed E-state index contributed by atoms with van der Waals surface area (Å²) in [6.07, 6.45) is -0.499. The number of hydrogen-bond donors (Lipinski definition) is 2. The van der Waals surface area contributed by atoms with E-state index in [1.165, 1.54) is 7.11 Å². The zero-order chi connectivity index (χ0) is 16.1. The molecule has 0 saturated heterocycles. The lowest BCUT2D eigenvalue weighted by molar-refractivity contribution is 0.187. The van der Waals surface area contributed by atoms with Crippen LogP contribution in [0, 0.1) is 0 Å². The van der Waals surface area contributed by atoms with Crippen molar-refractivity contribution in [1.82, 2.24) is 10.1 Å². The van der Waals surface area contributed by atoms with Crippen molar-refractivity contribution in [2.75, 3.05) is 17.7 Å². The highest BCUT2D eigenvalue weighted by molar-refractivity contribution is 5.84. The number of carbonyl (C=O) groups is 1. The van der Waals surface area contributed by atoms with E-state index in [4.69, 9.17) is 4.52 Å². The molecule has 2 rings (SSSR count). The Hall–Kier alpha value is -2.57. The SMILES string of the molecule is COC(=O)Nc1ccc(NC(C)c2nc(C(C)C)no2)cc1. The minimum atomic E-state index is -0.499. The average molecular weight is 304 g/mol. The van der Waals surface area contributed by atoms with E-state index in [1.807, 2.05) is 32.9 Å². The Kier molecular flexibility index (Phi) is 4.98. The van der Waals surface area contributed by atoms with Crippen LogP contribution in [0.1, 0.15) is 44.4 Å². The zero-order valence-corrected chi connectivity index (χ0v) is 13.1. The number of nitrogens with zero attached hydrogens (tertiary/aromatic N) is 2. The van der Waals surface area contributed by atoms with Gasteiger partial charge >= 0.3 is 6.09 Å². The molecule has 0 aliphatic carbocycles. The van der Waals surface area contributed by atoms with Crippen LogP contribution in [0.15, 0.2) is 28.8 Å². The molecule has 1 atom stereocenters. The first-order valence-electron chi connectivity index (χ1n) is 7.04. The molecule has 2 aromatic rings. The third-order valence-corrected chi connectivity index (χ3v) is 3.04. The number of aromatic nitrogens is 2. The summed E-state index contributed by atoms with van der Waals surface area (Å²) in [4.78, 5) is 15.5. The fraction of sp³-hybridized carbons (Fsp3) is 0.400. The van der Waals surface area contributed by atoms with Crippen LogP contribution < -0.4 is 10.6 Å². The van der Waals surface area contributed by atoms with E-state index >= 15 is 0 Å². The molecule has 1 aromatic heterocycles. The smallest absolute Gasteiger partial charge is 0.411 e. The van der Waals surface area contributed by atoms with E-state index in [9.17, 15) is 4.79 Å². The van der Waals surface area contributed by atoms with Crippen molar-refractivity contribution in [3.05, 3.63) is 36.0 Å². The minimum absolute atomic E-state index is 0.112. The van der Waals surface area contributed by atoms with Crippen molar-refractivity contribution in [1.29, 1.82) is 0 Å². The maximum atomic E-state index is 11.1. The number of amides is 1. The van der Waals surface area contributed by atoms with Gasteiger partial charge in [0.2, 0.25) is 5.89 Å². The van der Waals surface area contributed by atoms with Crippen LogP contribution in [0.25, 0.3) is 0 Å². The summed E-state index contributed by atoms with van der Waals surface area (Å²) in [6, 6.07) is 7.14. The standard InChI is InChI=1S/C15H20N4O3/c1-9(2)13-18-14(22-19-13)10(3)16-11-5-7-12(8-6-11)17-15(20)21-4/h5-10,16H,1-4H3,(H,17,20). The van der Waals surface area contributed by atoms with E-state index in [0.29, 0.717) is 17.4 Å². The molecule has 1 heterocycles. The molecule has 7 nitrogen and oxygen atoms in total. The molecular weight excluding hydrogens is 284 g/mol. The molecule has 0 bridgehead atoms. The number of ether oxygens (including phenoxy) is 1. The van der Waals surface area contributed by atoms with Gasteiger partial charge in [0, 0.05) is 17.3 Å². The highest BCUT2D eigenvalue weighted by Crippen LogP contribution is 2.21.